The van der Waals surface area contributed by atoms with Crippen molar-refractivity contribution in [2.24, 2.45) is 7.05 Å². The van der Waals surface area contributed by atoms with Crippen LogP contribution in [-0.4, -0.2) is 20.5 Å². The van der Waals surface area contributed by atoms with Crippen LogP contribution >= 0.6 is 11.8 Å². The van der Waals surface area contributed by atoms with Crippen molar-refractivity contribution in [3.05, 3.63) is 77.6 Å². The topological polar surface area (TPSA) is 30.7 Å². The number of rotatable bonds is 6. The van der Waals surface area contributed by atoms with Crippen LogP contribution in [0.15, 0.2) is 65.8 Å². The standard InChI is InChI=1S/C18H19N3S/c1-21-17(14-16-10-6-3-7-11-16)19-20-18(21)22-13-12-15-8-4-2-5-9-15/h2-11H,12-14H2,1H3. The van der Waals surface area contributed by atoms with E-state index in [0.29, 0.717) is 0 Å². The average Bonchev–Trinajstić information content (AvgIpc) is 2.90. The van der Waals surface area contributed by atoms with Crippen LogP contribution in [-0.2, 0) is 19.9 Å². The zero-order valence-corrected chi connectivity index (χ0v) is 13.5. The van der Waals surface area contributed by atoms with E-state index in [1.54, 1.807) is 11.8 Å². The van der Waals surface area contributed by atoms with Gasteiger partial charge in [-0.1, -0.05) is 72.4 Å². The number of aryl methyl sites for hydroxylation is 1. The highest BCUT2D eigenvalue weighted by Gasteiger charge is 2.09. The van der Waals surface area contributed by atoms with Crippen LogP contribution in [0, 0.1) is 0 Å². The third kappa shape index (κ3) is 3.77. The molecule has 1 aromatic heterocycles. The average molecular weight is 309 g/mol. The number of thioether (sulfide) groups is 1. The predicted octanol–water partition coefficient (Wildman–Crippen LogP) is 3.74. The van der Waals surface area contributed by atoms with Crippen LogP contribution < -0.4 is 0 Å². The van der Waals surface area contributed by atoms with Gasteiger partial charge in [-0.05, 0) is 17.5 Å². The molecule has 0 bridgehead atoms. The van der Waals surface area contributed by atoms with Crippen molar-refractivity contribution >= 4 is 11.8 Å². The molecular formula is C18H19N3S. The number of benzene rings is 2. The number of aromatic nitrogens is 3. The maximum absolute atomic E-state index is 4.33. The lowest BCUT2D eigenvalue weighted by atomic mass is 10.1. The van der Waals surface area contributed by atoms with E-state index < -0.39 is 0 Å². The van der Waals surface area contributed by atoms with E-state index in [1.165, 1.54) is 11.1 Å². The summed E-state index contributed by atoms with van der Waals surface area (Å²) >= 11 is 1.76. The Morgan fingerprint density at radius 2 is 1.50 bits per heavy atom. The van der Waals surface area contributed by atoms with Crippen molar-refractivity contribution in [1.29, 1.82) is 0 Å². The number of hydrogen-bond donors (Lipinski definition) is 0. The summed E-state index contributed by atoms with van der Waals surface area (Å²) in [6.07, 6.45) is 1.87. The predicted molar refractivity (Wildman–Crippen MR) is 91.1 cm³/mol. The van der Waals surface area contributed by atoms with E-state index >= 15 is 0 Å². The van der Waals surface area contributed by atoms with E-state index in [2.05, 4.69) is 69.4 Å². The zero-order chi connectivity index (χ0) is 15.2. The molecule has 4 heteroatoms. The van der Waals surface area contributed by atoms with Gasteiger partial charge in [0.2, 0.25) is 0 Å². The largest absolute Gasteiger partial charge is 0.309 e. The fraction of sp³-hybridized carbons (Fsp3) is 0.222. The first-order valence-electron chi connectivity index (χ1n) is 7.42. The first kappa shape index (κ1) is 14.9. The molecule has 0 atom stereocenters. The van der Waals surface area contributed by atoms with E-state index in [4.69, 9.17) is 0 Å². The van der Waals surface area contributed by atoms with Crippen molar-refractivity contribution in [2.45, 2.75) is 18.0 Å². The molecule has 3 rings (SSSR count). The maximum atomic E-state index is 4.33. The van der Waals surface area contributed by atoms with Crippen molar-refractivity contribution in [1.82, 2.24) is 14.8 Å². The van der Waals surface area contributed by atoms with E-state index in [0.717, 1.165) is 29.6 Å². The lowest BCUT2D eigenvalue weighted by Gasteiger charge is -2.04. The normalized spacial score (nSPS) is 10.8. The summed E-state index contributed by atoms with van der Waals surface area (Å²) in [5.41, 5.74) is 2.63. The van der Waals surface area contributed by atoms with E-state index in [-0.39, 0.29) is 0 Å². The first-order chi connectivity index (χ1) is 10.8. The minimum Gasteiger partial charge on any atom is -0.309 e. The molecule has 0 saturated carbocycles. The molecule has 0 fully saturated rings. The minimum atomic E-state index is 0.823. The summed E-state index contributed by atoms with van der Waals surface area (Å²) in [5.74, 6) is 2.02. The van der Waals surface area contributed by atoms with Gasteiger partial charge in [-0.3, -0.25) is 0 Å². The number of hydrogen-bond acceptors (Lipinski definition) is 3. The second-order valence-electron chi connectivity index (χ2n) is 5.20. The van der Waals surface area contributed by atoms with Crippen LogP contribution in [0.25, 0.3) is 0 Å². The van der Waals surface area contributed by atoms with Gasteiger partial charge >= 0.3 is 0 Å². The Labute approximate surface area is 135 Å². The molecule has 2 aromatic carbocycles. The quantitative estimate of drug-likeness (QED) is 0.650. The van der Waals surface area contributed by atoms with Gasteiger partial charge < -0.3 is 4.57 Å². The Kier molecular flexibility index (Phi) is 4.91. The second-order valence-corrected chi connectivity index (χ2v) is 6.27. The molecule has 0 N–H and O–H groups in total. The molecule has 0 amide bonds. The molecule has 0 saturated heterocycles. The van der Waals surface area contributed by atoms with Crippen LogP contribution in [0.3, 0.4) is 0 Å². The van der Waals surface area contributed by atoms with Crippen LogP contribution in [0.2, 0.25) is 0 Å². The summed E-state index contributed by atoms with van der Waals surface area (Å²) in [6, 6.07) is 20.9. The smallest absolute Gasteiger partial charge is 0.190 e. The monoisotopic (exact) mass is 309 g/mol. The molecule has 22 heavy (non-hydrogen) atoms. The van der Waals surface area contributed by atoms with Crippen LogP contribution in [0.1, 0.15) is 17.0 Å². The highest BCUT2D eigenvalue weighted by atomic mass is 32.2. The molecular weight excluding hydrogens is 290 g/mol. The molecule has 3 nitrogen and oxygen atoms in total. The number of nitrogens with zero attached hydrogens (tertiary/aromatic N) is 3. The zero-order valence-electron chi connectivity index (χ0n) is 12.6. The van der Waals surface area contributed by atoms with E-state index in [9.17, 15) is 0 Å². The highest BCUT2D eigenvalue weighted by Crippen LogP contribution is 2.18. The molecule has 1 heterocycles. The van der Waals surface area contributed by atoms with Gasteiger partial charge in [0.15, 0.2) is 5.16 Å². The molecule has 0 unspecified atom stereocenters. The maximum Gasteiger partial charge on any atom is 0.190 e. The lowest BCUT2D eigenvalue weighted by molar-refractivity contribution is 0.748. The lowest BCUT2D eigenvalue weighted by Crippen LogP contribution is -2.00. The molecule has 0 aliphatic carbocycles. The Balaban J connectivity index is 1.59. The third-order valence-corrected chi connectivity index (χ3v) is 4.62. The minimum absolute atomic E-state index is 0.823. The summed E-state index contributed by atoms with van der Waals surface area (Å²) in [4.78, 5) is 0. The molecule has 0 spiro atoms. The Morgan fingerprint density at radius 3 is 2.18 bits per heavy atom. The van der Waals surface area contributed by atoms with Crippen molar-refractivity contribution in [2.75, 3.05) is 5.75 Å². The second kappa shape index (κ2) is 7.27. The molecule has 0 aliphatic rings. The Bertz CT molecular complexity index is 708. The van der Waals surface area contributed by atoms with Gasteiger partial charge in [-0.2, -0.15) is 0 Å². The summed E-state index contributed by atoms with van der Waals surface area (Å²) in [6.45, 7) is 0. The fourth-order valence-electron chi connectivity index (χ4n) is 2.31. The molecule has 112 valence electrons. The van der Waals surface area contributed by atoms with Gasteiger partial charge in [-0.25, -0.2) is 0 Å². The van der Waals surface area contributed by atoms with Gasteiger partial charge in [0, 0.05) is 19.2 Å². The van der Waals surface area contributed by atoms with Gasteiger partial charge in [0.1, 0.15) is 5.82 Å². The van der Waals surface area contributed by atoms with Gasteiger partial charge in [-0.15, -0.1) is 10.2 Å². The van der Waals surface area contributed by atoms with Crippen molar-refractivity contribution in [3.63, 3.8) is 0 Å². The third-order valence-electron chi connectivity index (χ3n) is 3.59. The fourth-order valence-corrected chi connectivity index (χ4v) is 3.23. The SMILES string of the molecule is Cn1c(Cc2ccccc2)nnc1SCCc1ccccc1. The molecule has 0 radical (unpaired) electrons. The van der Waals surface area contributed by atoms with Gasteiger partial charge in [0.25, 0.3) is 0 Å². The van der Waals surface area contributed by atoms with Crippen LogP contribution in [0.5, 0.6) is 0 Å². The Hall–Kier alpha value is -2.07. The summed E-state index contributed by atoms with van der Waals surface area (Å²) < 4.78 is 2.10. The molecule has 0 aliphatic heterocycles. The van der Waals surface area contributed by atoms with Crippen LogP contribution in [0.4, 0.5) is 0 Å². The summed E-state index contributed by atoms with van der Waals surface area (Å²) in [7, 11) is 2.04. The Morgan fingerprint density at radius 1 is 0.864 bits per heavy atom. The molecule has 3 aromatic rings. The summed E-state index contributed by atoms with van der Waals surface area (Å²) in [5, 5.41) is 9.64. The van der Waals surface area contributed by atoms with Crippen molar-refractivity contribution < 1.29 is 0 Å². The highest BCUT2D eigenvalue weighted by molar-refractivity contribution is 7.99. The van der Waals surface area contributed by atoms with Crippen molar-refractivity contribution in [3.8, 4) is 0 Å². The first-order valence-corrected chi connectivity index (χ1v) is 8.40. The van der Waals surface area contributed by atoms with E-state index in [1.807, 2.05) is 13.1 Å². The van der Waals surface area contributed by atoms with Gasteiger partial charge in [0.05, 0.1) is 0 Å².